The molecule has 0 rings (SSSR count). The minimum Gasteiger partial charge on any atom is -0.383 e. The van der Waals surface area contributed by atoms with Crippen LogP contribution in [0.4, 0.5) is 0 Å². The van der Waals surface area contributed by atoms with Crippen molar-refractivity contribution in [3.8, 4) is 0 Å². The fourth-order valence-corrected chi connectivity index (χ4v) is 0.645. The van der Waals surface area contributed by atoms with Gasteiger partial charge in [0.2, 0.25) is 6.41 Å². The number of aliphatic hydroxyl groups excluding tert-OH is 1. The first kappa shape index (κ1) is 10.1. The van der Waals surface area contributed by atoms with Gasteiger partial charge in [-0.1, -0.05) is 13.8 Å². The lowest BCUT2D eigenvalue weighted by molar-refractivity contribution is -0.130. The number of nitrogens with one attached hydrogen (secondary N) is 1. The Balaban J connectivity index is 3.73. The van der Waals surface area contributed by atoms with Crippen LogP contribution in [0.25, 0.3) is 0 Å². The Labute approximate surface area is 65.6 Å². The van der Waals surface area contributed by atoms with Crippen LogP contribution in [0, 0.1) is 5.92 Å². The molecule has 1 unspecified atom stereocenters. The van der Waals surface area contributed by atoms with Crippen LogP contribution in [0.5, 0.6) is 0 Å². The second-order valence-electron chi connectivity index (χ2n) is 2.60. The number of amides is 1. The first-order chi connectivity index (χ1) is 5.09. The minimum absolute atomic E-state index is 0.000509. The number of hydrogen-bond acceptors (Lipinski definition) is 3. The summed E-state index contributed by atoms with van der Waals surface area (Å²) in [7, 11) is 0. The first-order valence-electron chi connectivity index (χ1n) is 3.48. The molecule has 1 atom stereocenters. The zero-order chi connectivity index (χ0) is 8.85. The van der Waals surface area contributed by atoms with E-state index in [0.29, 0.717) is 6.41 Å². The molecule has 0 fully saturated rings. The van der Waals surface area contributed by atoms with E-state index in [1.807, 2.05) is 0 Å². The summed E-state index contributed by atoms with van der Waals surface area (Å²) in [5.41, 5.74) is 0. The van der Waals surface area contributed by atoms with Gasteiger partial charge in [0.15, 0.2) is 5.78 Å². The second-order valence-corrected chi connectivity index (χ2v) is 2.60. The summed E-state index contributed by atoms with van der Waals surface area (Å²) in [6, 6.07) is 0. The Kier molecular flexibility index (Phi) is 4.45. The average Bonchev–Trinajstić information content (AvgIpc) is 1.98. The topological polar surface area (TPSA) is 66.4 Å². The van der Waals surface area contributed by atoms with E-state index in [1.54, 1.807) is 13.8 Å². The van der Waals surface area contributed by atoms with Gasteiger partial charge in [-0.3, -0.25) is 9.59 Å². The summed E-state index contributed by atoms with van der Waals surface area (Å²) in [5.74, 6) is -0.446. The maximum atomic E-state index is 10.9. The van der Waals surface area contributed by atoms with Crippen LogP contribution in [-0.2, 0) is 9.59 Å². The molecule has 64 valence electrons. The Morgan fingerprint density at radius 3 is 2.55 bits per heavy atom. The maximum Gasteiger partial charge on any atom is 0.207 e. The largest absolute Gasteiger partial charge is 0.383 e. The predicted octanol–water partition coefficient (Wildman–Crippen LogP) is -0.682. The maximum absolute atomic E-state index is 10.9. The molecule has 2 N–H and O–H groups in total. The third kappa shape index (κ3) is 3.72. The molecule has 0 heterocycles. The number of aliphatic hydroxyl groups is 1. The highest BCUT2D eigenvalue weighted by Gasteiger charge is 2.17. The highest BCUT2D eigenvalue weighted by atomic mass is 16.3. The van der Waals surface area contributed by atoms with Crippen LogP contribution in [-0.4, -0.2) is 29.9 Å². The third-order valence-corrected chi connectivity index (χ3v) is 1.29. The molecule has 0 radical (unpaired) electrons. The van der Waals surface area contributed by atoms with Crippen molar-refractivity contribution in [2.24, 2.45) is 5.92 Å². The van der Waals surface area contributed by atoms with Crippen LogP contribution in [0.1, 0.15) is 13.8 Å². The molecule has 4 nitrogen and oxygen atoms in total. The van der Waals surface area contributed by atoms with Crippen LogP contribution < -0.4 is 5.32 Å². The van der Waals surface area contributed by atoms with Gasteiger partial charge in [-0.25, -0.2) is 0 Å². The van der Waals surface area contributed by atoms with Gasteiger partial charge in [0.1, 0.15) is 6.10 Å². The van der Waals surface area contributed by atoms with Gasteiger partial charge in [0.25, 0.3) is 0 Å². The number of carbonyl (C=O) groups excluding carboxylic acids is 2. The van der Waals surface area contributed by atoms with E-state index >= 15 is 0 Å². The van der Waals surface area contributed by atoms with Crippen molar-refractivity contribution in [3.05, 3.63) is 0 Å². The van der Waals surface area contributed by atoms with Gasteiger partial charge >= 0.3 is 0 Å². The molecule has 0 aromatic carbocycles. The monoisotopic (exact) mass is 159 g/mol. The van der Waals surface area contributed by atoms with Gasteiger partial charge in [-0.15, -0.1) is 0 Å². The highest BCUT2D eigenvalue weighted by molar-refractivity contribution is 5.84. The highest BCUT2D eigenvalue weighted by Crippen LogP contribution is 1.97. The van der Waals surface area contributed by atoms with Gasteiger partial charge in [-0.05, 0) is 0 Å². The smallest absolute Gasteiger partial charge is 0.207 e. The molecule has 0 aliphatic rings. The molecular formula is C7H13NO3. The lowest BCUT2D eigenvalue weighted by Crippen LogP contribution is -2.34. The lowest BCUT2D eigenvalue weighted by atomic mass is 10.0. The number of rotatable bonds is 5. The predicted molar refractivity (Wildman–Crippen MR) is 39.9 cm³/mol. The summed E-state index contributed by atoms with van der Waals surface area (Å²) >= 11 is 0. The van der Waals surface area contributed by atoms with Crippen molar-refractivity contribution in [1.82, 2.24) is 5.32 Å². The zero-order valence-corrected chi connectivity index (χ0v) is 6.70. The second kappa shape index (κ2) is 4.85. The fourth-order valence-electron chi connectivity index (χ4n) is 0.645. The van der Waals surface area contributed by atoms with Crippen molar-refractivity contribution in [1.29, 1.82) is 0 Å². The number of Topliss-reactive ketones (excluding diaryl/α,β-unsaturated/α-hetero) is 1. The molecule has 0 bridgehead atoms. The molecule has 0 aromatic heterocycles. The Bertz CT molecular complexity index is 145. The van der Waals surface area contributed by atoms with Crippen molar-refractivity contribution < 1.29 is 14.7 Å². The van der Waals surface area contributed by atoms with Crippen LogP contribution in [0.3, 0.4) is 0 Å². The van der Waals surface area contributed by atoms with Crippen molar-refractivity contribution in [2.75, 3.05) is 6.54 Å². The summed E-state index contributed by atoms with van der Waals surface area (Å²) in [6.07, 6.45) is -0.614. The molecule has 0 aliphatic carbocycles. The van der Waals surface area contributed by atoms with Crippen molar-refractivity contribution >= 4 is 12.2 Å². The van der Waals surface area contributed by atoms with E-state index in [9.17, 15) is 9.59 Å². The SMILES string of the molecule is CC(C)C(=O)C(O)CNC=O. The summed E-state index contributed by atoms with van der Waals surface area (Å²) in [6.45, 7) is 3.40. The van der Waals surface area contributed by atoms with E-state index in [-0.39, 0.29) is 18.2 Å². The Morgan fingerprint density at radius 2 is 2.18 bits per heavy atom. The van der Waals surface area contributed by atoms with E-state index in [1.165, 1.54) is 0 Å². The zero-order valence-electron chi connectivity index (χ0n) is 6.70. The Morgan fingerprint density at radius 1 is 1.64 bits per heavy atom. The van der Waals surface area contributed by atoms with Crippen molar-refractivity contribution in [3.63, 3.8) is 0 Å². The van der Waals surface area contributed by atoms with Gasteiger partial charge in [-0.2, -0.15) is 0 Å². The van der Waals surface area contributed by atoms with Gasteiger partial charge in [0, 0.05) is 5.92 Å². The average molecular weight is 159 g/mol. The standard InChI is InChI=1S/C7H13NO3/c1-5(2)7(11)6(10)3-8-4-9/h4-6,10H,3H2,1-2H3,(H,8,9). The van der Waals surface area contributed by atoms with Crippen LogP contribution in [0.2, 0.25) is 0 Å². The third-order valence-electron chi connectivity index (χ3n) is 1.29. The first-order valence-corrected chi connectivity index (χ1v) is 3.48. The van der Waals surface area contributed by atoms with Crippen molar-refractivity contribution in [2.45, 2.75) is 20.0 Å². The fraction of sp³-hybridized carbons (Fsp3) is 0.714. The molecule has 0 spiro atoms. The number of ketones is 1. The molecule has 11 heavy (non-hydrogen) atoms. The van der Waals surface area contributed by atoms with E-state index in [4.69, 9.17) is 5.11 Å². The van der Waals surface area contributed by atoms with Gasteiger partial charge in [0.05, 0.1) is 6.54 Å². The molecule has 0 saturated carbocycles. The minimum atomic E-state index is -1.07. The molecule has 0 aliphatic heterocycles. The molecule has 1 amide bonds. The Hall–Kier alpha value is -0.900. The molecule has 0 aromatic rings. The number of hydrogen-bond donors (Lipinski definition) is 2. The quantitative estimate of drug-likeness (QED) is 0.522. The molecule has 4 heteroatoms. The lowest BCUT2D eigenvalue weighted by Gasteiger charge is -2.10. The van der Waals surface area contributed by atoms with E-state index < -0.39 is 6.10 Å². The summed E-state index contributed by atoms with van der Waals surface area (Å²) in [5, 5.41) is 11.3. The van der Waals surface area contributed by atoms with Crippen LogP contribution >= 0.6 is 0 Å². The summed E-state index contributed by atoms with van der Waals surface area (Å²) in [4.78, 5) is 20.7. The van der Waals surface area contributed by atoms with Crippen LogP contribution in [0.15, 0.2) is 0 Å². The number of carbonyl (C=O) groups is 2. The summed E-state index contributed by atoms with van der Waals surface area (Å²) < 4.78 is 0. The van der Waals surface area contributed by atoms with E-state index in [0.717, 1.165) is 0 Å². The molecule has 0 saturated heterocycles. The van der Waals surface area contributed by atoms with E-state index in [2.05, 4.69) is 5.32 Å². The normalized spacial score (nSPS) is 12.7. The van der Waals surface area contributed by atoms with Gasteiger partial charge < -0.3 is 10.4 Å². The molecular weight excluding hydrogens is 146 g/mol.